The highest BCUT2D eigenvalue weighted by Crippen LogP contribution is 2.47. The molecule has 1 aromatic carbocycles. The van der Waals surface area contributed by atoms with Gasteiger partial charge in [0.15, 0.2) is 0 Å². The first-order valence-corrected chi connectivity index (χ1v) is 9.48. The first-order chi connectivity index (χ1) is 12.5. The Labute approximate surface area is 162 Å². The number of pyridine rings is 1. The molecule has 0 radical (unpaired) electrons. The Morgan fingerprint density at radius 3 is 2.54 bits per heavy atom. The van der Waals surface area contributed by atoms with Crippen molar-refractivity contribution < 1.29 is 4.39 Å². The molecule has 2 saturated heterocycles. The van der Waals surface area contributed by atoms with Crippen LogP contribution in [0.4, 0.5) is 4.39 Å². The fourth-order valence-electron chi connectivity index (χ4n) is 4.51. The average Bonchev–Trinajstić information content (AvgIpc) is 2.87. The molecular formula is C20H18Cl2FN3. The molecule has 2 bridgehead atoms. The Hall–Kier alpha value is -1.67. The second-order valence-corrected chi connectivity index (χ2v) is 8.14. The molecule has 2 aliphatic heterocycles. The van der Waals surface area contributed by atoms with Crippen molar-refractivity contribution in [1.29, 1.82) is 5.26 Å². The minimum Gasteiger partial charge on any atom is -0.293 e. The van der Waals surface area contributed by atoms with Crippen LogP contribution in [0.15, 0.2) is 36.7 Å². The normalized spacial score (nSPS) is 28.1. The predicted molar refractivity (Wildman–Crippen MR) is 99.5 cm³/mol. The fraction of sp³-hybridized carbons (Fsp3) is 0.400. The number of hydrogen-bond acceptors (Lipinski definition) is 3. The second kappa shape index (κ2) is 6.81. The lowest BCUT2D eigenvalue weighted by Gasteiger charge is -2.43. The molecule has 2 unspecified atom stereocenters. The van der Waals surface area contributed by atoms with E-state index in [1.54, 1.807) is 24.5 Å². The predicted octanol–water partition coefficient (Wildman–Crippen LogP) is 5.12. The van der Waals surface area contributed by atoms with Crippen molar-refractivity contribution in [2.75, 3.05) is 0 Å². The van der Waals surface area contributed by atoms with Gasteiger partial charge in [0, 0.05) is 31.0 Å². The molecule has 2 atom stereocenters. The molecule has 3 heterocycles. The topological polar surface area (TPSA) is 39.9 Å². The van der Waals surface area contributed by atoms with E-state index < -0.39 is 11.2 Å². The van der Waals surface area contributed by atoms with Gasteiger partial charge in [-0.2, -0.15) is 5.26 Å². The summed E-state index contributed by atoms with van der Waals surface area (Å²) in [5.74, 6) is -0.394. The van der Waals surface area contributed by atoms with Gasteiger partial charge in [0.1, 0.15) is 5.82 Å². The summed E-state index contributed by atoms with van der Waals surface area (Å²) in [6, 6.07) is 9.97. The fourth-order valence-corrected chi connectivity index (χ4v) is 4.89. The van der Waals surface area contributed by atoms with E-state index >= 15 is 0 Å². The summed E-state index contributed by atoms with van der Waals surface area (Å²) >= 11 is 12.0. The Morgan fingerprint density at radius 1 is 1.19 bits per heavy atom. The number of benzene rings is 1. The van der Waals surface area contributed by atoms with Crippen molar-refractivity contribution in [1.82, 2.24) is 9.88 Å². The van der Waals surface area contributed by atoms with Crippen molar-refractivity contribution in [3.05, 3.63) is 63.6 Å². The lowest BCUT2D eigenvalue weighted by Crippen LogP contribution is -2.48. The SMILES string of the molecule is N#CC1(c2cncc(Cl)c2)CC2CCC(C1)N2Cc1ccc(F)c(Cl)c1. The number of rotatable bonds is 3. The van der Waals surface area contributed by atoms with Crippen LogP contribution in [0.1, 0.15) is 36.8 Å². The van der Waals surface area contributed by atoms with Crippen LogP contribution in [0.25, 0.3) is 0 Å². The maximum Gasteiger partial charge on any atom is 0.141 e. The summed E-state index contributed by atoms with van der Waals surface area (Å²) in [4.78, 5) is 6.62. The molecule has 0 aliphatic carbocycles. The van der Waals surface area contributed by atoms with Crippen LogP contribution in [-0.2, 0) is 12.0 Å². The molecule has 4 rings (SSSR count). The van der Waals surface area contributed by atoms with Crippen LogP contribution in [0.3, 0.4) is 0 Å². The zero-order chi connectivity index (χ0) is 18.3. The second-order valence-electron chi connectivity index (χ2n) is 7.30. The first-order valence-electron chi connectivity index (χ1n) is 8.73. The molecule has 2 fully saturated rings. The molecule has 2 aromatic rings. The number of hydrogen-bond donors (Lipinski definition) is 0. The highest BCUT2D eigenvalue weighted by Gasteiger charge is 2.49. The Balaban J connectivity index is 1.59. The number of halogens is 3. The van der Waals surface area contributed by atoms with E-state index in [1.165, 1.54) is 6.07 Å². The van der Waals surface area contributed by atoms with Gasteiger partial charge in [0.2, 0.25) is 0 Å². The van der Waals surface area contributed by atoms with Gasteiger partial charge >= 0.3 is 0 Å². The van der Waals surface area contributed by atoms with Crippen molar-refractivity contribution in [2.45, 2.75) is 49.7 Å². The summed E-state index contributed by atoms with van der Waals surface area (Å²) in [6.45, 7) is 0.727. The van der Waals surface area contributed by atoms with Crippen LogP contribution in [-0.4, -0.2) is 22.0 Å². The lowest BCUT2D eigenvalue weighted by atomic mass is 9.71. The van der Waals surface area contributed by atoms with Gasteiger partial charge < -0.3 is 0 Å². The van der Waals surface area contributed by atoms with Crippen LogP contribution >= 0.6 is 23.2 Å². The number of fused-ring (bicyclic) bond motifs is 2. The highest BCUT2D eigenvalue weighted by atomic mass is 35.5. The van der Waals surface area contributed by atoms with E-state index in [0.717, 1.165) is 43.4 Å². The highest BCUT2D eigenvalue weighted by molar-refractivity contribution is 6.30. The Morgan fingerprint density at radius 2 is 1.92 bits per heavy atom. The maximum absolute atomic E-state index is 13.4. The van der Waals surface area contributed by atoms with Gasteiger partial charge in [0.25, 0.3) is 0 Å². The third-order valence-corrected chi connectivity index (χ3v) is 6.26. The van der Waals surface area contributed by atoms with Crippen molar-refractivity contribution in [3.8, 4) is 6.07 Å². The zero-order valence-corrected chi connectivity index (χ0v) is 15.6. The zero-order valence-electron chi connectivity index (χ0n) is 14.1. The number of piperidine rings is 1. The maximum atomic E-state index is 13.4. The van der Waals surface area contributed by atoms with Crippen LogP contribution in [0.2, 0.25) is 10.0 Å². The summed E-state index contributed by atoms with van der Waals surface area (Å²) in [7, 11) is 0. The van der Waals surface area contributed by atoms with Gasteiger partial charge in [-0.15, -0.1) is 0 Å². The molecule has 1 aromatic heterocycles. The van der Waals surface area contributed by atoms with Gasteiger partial charge in [-0.25, -0.2) is 4.39 Å². The van der Waals surface area contributed by atoms with E-state index in [-0.39, 0.29) is 5.02 Å². The van der Waals surface area contributed by atoms with Gasteiger partial charge in [-0.1, -0.05) is 29.3 Å². The summed E-state index contributed by atoms with van der Waals surface area (Å²) in [5.41, 5.74) is 1.37. The summed E-state index contributed by atoms with van der Waals surface area (Å²) in [5, 5.41) is 10.7. The molecule has 0 spiro atoms. The van der Waals surface area contributed by atoms with Gasteiger partial charge in [-0.3, -0.25) is 9.88 Å². The molecule has 3 nitrogen and oxygen atoms in total. The Bertz CT molecular complexity index is 866. The number of aromatic nitrogens is 1. The third kappa shape index (κ3) is 3.09. The van der Waals surface area contributed by atoms with Crippen LogP contribution < -0.4 is 0 Å². The molecule has 6 heteroatoms. The smallest absolute Gasteiger partial charge is 0.141 e. The minimum absolute atomic E-state index is 0.156. The van der Waals surface area contributed by atoms with E-state index in [9.17, 15) is 9.65 Å². The standard InChI is InChI=1S/C20H18Cl2FN3/c21-15-6-14(9-25-10-15)20(12-24)7-16-2-3-17(8-20)26(16)11-13-1-4-19(23)18(22)5-13/h1,4-6,9-10,16-17H,2-3,7-8,11H2. The van der Waals surface area contributed by atoms with Gasteiger partial charge in [-0.05, 0) is 55.0 Å². The average molecular weight is 390 g/mol. The molecular weight excluding hydrogens is 372 g/mol. The first kappa shape index (κ1) is 17.7. The summed E-state index contributed by atoms with van der Waals surface area (Å²) < 4.78 is 13.4. The molecule has 0 N–H and O–H groups in total. The number of nitriles is 1. The Kier molecular flexibility index (Phi) is 4.64. The molecule has 134 valence electrons. The van der Waals surface area contributed by atoms with E-state index in [2.05, 4.69) is 16.0 Å². The van der Waals surface area contributed by atoms with E-state index in [4.69, 9.17) is 23.2 Å². The van der Waals surface area contributed by atoms with Crippen molar-refractivity contribution >= 4 is 23.2 Å². The lowest BCUT2D eigenvalue weighted by molar-refractivity contribution is 0.0973. The third-order valence-electron chi connectivity index (χ3n) is 5.76. The van der Waals surface area contributed by atoms with Crippen molar-refractivity contribution in [2.24, 2.45) is 0 Å². The molecule has 0 amide bonds. The molecule has 26 heavy (non-hydrogen) atoms. The quantitative estimate of drug-likeness (QED) is 0.731. The largest absolute Gasteiger partial charge is 0.293 e. The van der Waals surface area contributed by atoms with Crippen LogP contribution in [0, 0.1) is 17.1 Å². The monoisotopic (exact) mass is 389 g/mol. The summed E-state index contributed by atoms with van der Waals surface area (Å²) in [6.07, 6.45) is 7.02. The van der Waals surface area contributed by atoms with E-state index in [1.807, 2.05) is 6.07 Å². The molecule has 0 saturated carbocycles. The minimum atomic E-state index is -0.541. The van der Waals surface area contributed by atoms with Crippen LogP contribution in [0.5, 0.6) is 0 Å². The molecule has 2 aliphatic rings. The number of nitrogens with zero attached hydrogens (tertiary/aromatic N) is 3. The van der Waals surface area contributed by atoms with Gasteiger partial charge in [0.05, 0.1) is 21.5 Å². The van der Waals surface area contributed by atoms with Crippen molar-refractivity contribution in [3.63, 3.8) is 0 Å². The van der Waals surface area contributed by atoms with E-state index in [0.29, 0.717) is 17.1 Å².